The molecule has 0 saturated heterocycles. The first-order valence-corrected chi connectivity index (χ1v) is 10.9. The van der Waals surface area contributed by atoms with Gasteiger partial charge in [0.15, 0.2) is 11.5 Å². The van der Waals surface area contributed by atoms with Gasteiger partial charge in [-0.25, -0.2) is 4.39 Å². The van der Waals surface area contributed by atoms with Crippen LogP contribution in [0.1, 0.15) is 29.2 Å². The van der Waals surface area contributed by atoms with Crippen LogP contribution in [0.4, 0.5) is 10.1 Å². The third-order valence-electron chi connectivity index (χ3n) is 4.84. The van der Waals surface area contributed by atoms with Crippen molar-refractivity contribution >= 4 is 33.2 Å². The van der Waals surface area contributed by atoms with Crippen LogP contribution in [-0.4, -0.2) is 6.61 Å². The normalized spacial score (nSPS) is 10.7. The lowest BCUT2D eigenvalue weighted by atomic mass is 10.1. The van der Waals surface area contributed by atoms with Crippen molar-refractivity contribution in [2.24, 2.45) is 0 Å². The summed E-state index contributed by atoms with van der Waals surface area (Å²) >= 11 is 9.72. The highest BCUT2D eigenvalue weighted by molar-refractivity contribution is 9.10. The molecule has 158 valence electrons. The summed E-state index contributed by atoms with van der Waals surface area (Å²) in [6, 6.07) is 14.6. The maximum absolute atomic E-state index is 14.0. The molecule has 6 heteroatoms. The molecule has 3 aromatic rings. The van der Waals surface area contributed by atoms with Gasteiger partial charge in [-0.3, -0.25) is 0 Å². The largest absolute Gasteiger partial charge is 0.490 e. The molecule has 0 saturated carbocycles. The molecule has 30 heavy (non-hydrogen) atoms. The summed E-state index contributed by atoms with van der Waals surface area (Å²) in [5.74, 6) is 0.733. The van der Waals surface area contributed by atoms with E-state index in [-0.39, 0.29) is 6.61 Å². The van der Waals surface area contributed by atoms with Gasteiger partial charge in [0.2, 0.25) is 0 Å². The highest BCUT2D eigenvalue weighted by atomic mass is 79.9. The molecule has 0 aliphatic heterocycles. The Morgan fingerprint density at radius 1 is 1.00 bits per heavy atom. The lowest BCUT2D eigenvalue weighted by Gasteiger charge is -2.16. The fourth-order valence-electron chi connectivity index (χ4n) is 2.96. The zero-order valence-corrected chi connectivity index (χ0v) is 19.5. The average Bonchev–Trinajstić information content (AvgIpc) is 2.71. The van der Waals surface area contributed by atoms with Gasteiger partial charge in [-0.05, 0) is 73.9 Å². The third-order valence-corrected chi connectivity index (χ3v) is 5.93. The minimum atomic E-state index is -0.395. The molecule has 0 aliphatic carbocycles. The summed E-state index contributed by atoms with van der Waals surface area (Å²) in [7, 11) is 0. The molecule has 0 radical (unpaired) electrons. The number of nitrogens with one attached hydrogen (secondary N) is 1. The van der Waals surface area contributed by atoms with E-state index in [2.05, 4.69) is 53.3 Å². The molecule has 0 heterocycles. The van der Waals surface area contributed by atoms with Gasteiger partial charge < -0.3 is 14.8 Å². The second kappa shape index (κ2) is 10.2. The van der Waals surface area contributed by atoms with Crippen molar-refractivity contribution in [1.82, 2.24) is 0 Å². The van der Waals surface area contributed by atoms with Crippen LogP contribution in [0, 0.1) is 19.7 Å². The van der Waals surface area contributed by atoms with Gasteiger partial charge in [0.1, 0.15) is 12.4 Å². The summed E-state index contributed by atoms with van der Waals surface area (Å²) < 4.78 is 26.6. The fourth-order valence-corrected chi connectivity index (χ4v) is 3.64. The van der Waals surface area contributed by atoms with Crippen molar-refractivity contribution in [1.29, 1.82) is 0 Å². The molecule has 3 nitrogen and oxygen atoms in total. The standard InChI is InChI=1S/C24H24BrClFNO2/c1-4-29-23-11-17(13-28-18-9-8-15(2)16(3)10-18)20(25)12-24(23)30-14-19-21(26)6-5-7-22(19)27/h5-12,28H,4,13-14H2,1-3H3. The molecule has 0 aromatic heterocycles. The molecular formula is C24H24BrClFNO2. The van der Waals surface area contributed by atoms with Crippen LogP contribution in [-0.2, 0) is 13.2 Å². The Kier molecular flexibility index (Phi) is 7.62. The average molecular weight is 493 g/mol. The summed E-state index contributed by atoms with van der Waals surface area (Å²) in [6.07, 6.45) is 0. The predicted octanol–water partition coefficient (Wildman–Crippen LogP) is 7.45. The Morgan fingerprint density at radius 2 is 1.77 bits per heavy atom. The van der Waals surface area contributed by atoms with E-state index >= 15 is 0 Å². The van der Waals surface area contributed by atoms with Gasteiger partial charge in [-0.2, -0.15) is 0 Å². The van der Waals surface area contributed by atoms with Crippen LogP contribution >= 0.6 is 27.5 Å². The molecule has 0 amide bonds. The topological polar surface area (TPSA) is 30.5 Å². The Labute approximate surface area is 190 Å². The number of aryl methyl sites for hydroxylation is 2. The molecule has 0 fully saturated rings. The number of ether oxygens (including phenoxy) is 2. The third kappa shape index (κ3) is 5.46. The van der Waals surface area contributed by atoms with Crippen molar-refractivity contribution in [3.05, 3.63) is 86.1 Å². The SMILES string of the molecule is CCOc1cc(CNc2ccc(C)c(C)c2)c(Br)cc1OCc1c(F)cccc1Cl. The number of anilines is 1. The molecule has 0 spiro atoms. The molecular weight excluding hydrogens is 469 g/mol. The first kappa shape index (κ1) is 22.4. The van der Waals surface area contributed by atoms with Gasteiger partial charge in [-0.15, -0.1) is 0 Å². The molecule has 0 unspecified atom stereocenters. The van der Waals surface area contributed by atoms with Gasteiger partial charge in [0, 0.05) is 22.3 Å². The van der Waals surface area contributed by atoms with E-state index in [9.17, 15) is 4.39 Å². The molecule has 3 rings (SSSR count). The number of hydrogen-bond donors (Lipinski definition) is 1. The van der Waals surface area contributed by atoms with Gasteiger partial charge in [0.25, 0.3) is 0 Å². The highest BCUT2D eigenvalue weighted by Crippen LogP contribution is 2.35. The first-order valence-electron chi connectivity index (χ1n) is 9.71. The Morgan fingerprint density at radius 3 is 2.47 bits per heavy atom. The van der Waals surface area contributed by atoms with Crippen LogP contribution in [0.5, 0.6) is 11.5 Å². The number of benzene rings is 3. The zero-order chi connectivity index (χ0) is 21.7. The van der Waals surface area contributed by atoms with Crippen molar-refractivity contribution in [2.45, 2.75) is 33.9 Å². The van der Waals surface area contributed by atoms with E-state index in [0.29, 0.717) is 35.2 Å². The second-order valence-corrected chi connectivity index (χ2v) is 8.23. The minimum absolute atomic E-state index is 0.0122. The summed E-state index contributed by atoms with van der Waals surface area (Å²) in [4.78, 5) is 0. The molecule has 0 aliphatic rings. The van der Waals surface area contributed by atoms with E-state index in [1.807, 2.05) is 19.1 Å². The zero-order valence-electron chi connectivity index (χ0n) is 17.2. The first-order chi connectivity index (χ1) is 14.4. The van der Waals surface area contributed by atoms with Crippen LogP contribution in [0.25, 0.3) is 0 Å². The highest BCUT2D eigenvalue weighted by Gasteiger charge is 2.14. The predicted molar refractivity (Wildman–Crippen MR) is 124 cm³/mol. The van der Waals surface area contributed by atoms with Crippen molar-refractivity contribution in [3.63, 3.8) is 0 Å². The van der Waals surface area contributed by atoms with E-state index < -0.39 is 5.82 Å². The van der Waals surface area contributed by atoms with Crippen LogP contribution < -0.4 is 14.8 Å². The minimum Gasteiger partial charge on any atom is -0.490 e. The Balaban J connectivity index is 1.78. The fraction of sp³-hybridized carbons (Fsp3) is 0.250. The second-order valence-electron chi connectivity index (χ2n) is 6.96. The van der Waals surface area contributed by atoms with E-state index in [1.54, 1.807) is 12.1 Å². The monoisotopic (exact) mass is 491 g/mol. The Bertz CT molecular complexity index is 1020. The van der Waals surface area contributed by atoms with E-state index in [0.717, 1.165) is 15.7 Å². The van der Waals surface area contributed by atoms with Crippen molar-refractivity contribution in [2.75, 3.05) is 11.9 Å². The van der Waals surface area contributed by atoms with Crippen LogP contribution in [0.15, 0.2) is 53.0 Å². The number of hydrogen-bond acceptors (Lipinski definition) is 3. The molecule has 0 bridgehead atoms. The summed E-state index contributed by atoms with van der Waals surface area (Å²) in [5.41, 5.74) is 4.89. The lowest BCUT2D eigenvalue weighted by molar-refractivity contribution is 0.265. The molecule has 0 atom stereocenters. The van der Waals surface area contributed by atoms with E-state index in [1.165, 1.54) is 17.2 Å². The number of halogens is 3. The quantitative estimate of drug-likeness (QED) is 0.354. The van der Waals surface area contributed by atoms with Crippen molar-refractivity contribution in [3.8, 4) is 11.5 Å². The number of rotatable bonds is 8. The maximum Gasteiger partial charge on any atom is 0.162 e. The maximum atomic E-state index is 14.0. The molecule has 1 N–H and O–H groups in total. The van der Waals surface area contributed by atoms with Gasteiger partial charge in [-0.1, -0.05) is 39.7 Å². The van der Waals surface area contributed by atoms with Crippen LogP contribution in [0.3, 0.4) is 0 Å². The summed E-state index contributed by atoms with van der Waals surface area (Å²) in [6.45, 7) is 7.21. The smallest absolute Gasteiger partial charge is 0.162 e. The summed E-state index contributed by atoms with van der Waals surface area (Å²) in [5, 5.41) is 3.77. The van der Waals surface area contributed by atoms with Crippen molar-refractivity contribution < 1.29 is 13.9 Å². The van der Waals surface area contributed by atoms with E-state index in [4.69, 9.17) is 21.1 Å². The molecule has 3 aromatic carbocycles. The Hall–Kier alpha value is -2.24. The van der Waals surface area contributed by atoms with Gasteiger partial charge >= 0.3 is 0 Å². The van der Waals surface area contributed by atoms with Gasteiger partial charge in [0.05, 0.1) is 11.6 Å². The van der Waals surface area contributed by atoms with Crippen LogP contribution in [0.2, 0.25) is 5.02 Å². The lowest BCUT2D eigenvalue weighted by Crippen LogP contribution is -2.05.